The van der Waals surface area contributed by atoms with E-state index >= 15 is 0 Å². The molecule has 1 saturated heterocycles. The van der Waals surface area contributed by atoms with Gasteiger partial charge in [-0.15, -0.1) is 0 Å². The van der Waals surface area contributed by atoms with Crippen LogP contribution in [-0.4, -0.2) is 63.5 Å². The van der Waals surface area contributed by atoms with Crippen LogP contribution in [0.1, 0.15) is 47.4 Å². The molecular formula is C19H24N4O4. The molecule has 1 aliphatic rings. The molecule has 3 rings (SSSR count). The second-order valence-electron chi connectivity index (χ2n) is 6.59. The van der Waals surface area contributed by atoms with Crippen LogP contribution in [0.4, 0.5) is 0 Å². The van der Waals surface area contributed by atoms with Crippen LogP contribution in [0.15, 0.2) is 28.9 Å². The molecule has 2 aromatic rings. The van der Waals surface area contributed by atoms with Gasteiger partial charge in [-0.3, -0.25) is 9.59 Å². The highest BCUT2D eigenvalue weighted by Gasteiger charge is 2.37. The highest BCUT2D eigenvalue weighted by Crippen LogP contribution is 2.24. The maximum Gasteiger partial charge on any atom is 0.276 e. The minimum Gasteiger partial charge on any atom is -0.477 e. The zero-order valence-corrected chi connectivity index (χ0v) is 16.0. The molecule has 0 spiro atoms. The van der Waals surface area contributed by atoms with Gasteiger partial charge in [0.2, 0.25) is 5.88 Å². The zero-order valence-electron chi connectivity index (χ0n) is 16.0. The third kappa shape index (κ3) is 3.65. The fraction of sp³-hybridized carbons (Fsp3) is 0.474. The van der Waals surface area contributed by atoms with Gasteiger partial charge in [-0.1, -0.05) is 5.16 Å². The van der Waals surface area contributed by atoms with E-state index in [-0.39, 0.29) is 29.6 Å². The molecule has 2 atom stereocenters. The normalized spacial score (nSPS) is 19.9. The van der Waals surface area contributed by atoms with Crippen LogP contribution in [0.25, 0.3) is 0 Å². The Hall–Kier alpha value is -2.90. The molecule has 0 aromatic carbocycles. The number of pyridine rings is 1. The molecule has 144 valence electrons. The van der Waals surface area contributed by atoms with Gasteiger partial charge in [-0.2, -0.15) is 0 Å². The van der Waals surface area contributed by atoms with Crippen LogP contribution in [-0.2, 0) is 0 Å². The predicted octanol–water partition coefficient (Wildman–Crippen LogP) is 2.15. The number of carbonyl (C=O) groups excluding carboxylic acids is 2. The van der Waals surface area contributed by atoms with Gasteiger partial charge >= 0.3 is 0 Å². The molecule has 1 aliphatic heterocycles. The summed E-state index contributed by atoms with van der Waals surface area (Å²) < 4.78 is 10.5. The summed E-state index contributed by atoms with van der Waals surface area (Å²) in [5.74, 6) is 0.597. The summed E-state index contributed by atoms with van der Waals surface area (Å²) in [5, 5.41) is 3.81. The van der Waals surface area contributed by atoms with E-state index in [0.29, 0.717) is 36.9 Å². The molecule has 0 saturated carbocycles. The van der Waals surface area contributed by atoms with Crippen molar-refractivity contribution in [3.05, 3.63) is 41.4 Å². The molecule has 0 bridgehead atoms. The van der Waals surface area contributed by atoms with Gasteiger partial charge in [0.1, 0.15) is 11.3 Å². The van der Waals surface area contributed by atoms with Crippen molar-refractivity contribution in [2.75, 3.05) is 19.7 Å². The Kier molecular flexibility index (Phi) is 5.43. The molecular weight excluding hydrogens is 348 g/mol. The second-order valence-corrected chi connectivity index (χ2v) is 6.59. The number of hydrogen-bond acceptors (Lipinski definition) is 6. The first-order valence-corrected chi connectivity index (χ1v) is 9.07. The monoisotopic (exact) mass is 372 g/mol. The summed E-state index contributed by atoms with van der Waals surface area (Å²) in [6.07, 6.45) is 1.60. The number of hydrogen-bond donors (Lipinski definition) is 0. The average molecular weight is 372 g/mol. The van der Waals surface area contributed by atoms with Crippen LogP contribution in [0, 0.1) is 6.92 Å². The summed E-state index contributed by atoms with van der Waals surface area (Å²) in [7, 11) is 0. The fourth-order valence-corrected chi connectivity index (χ4v) is 3.29. The molecule has 0 N–H and O–H groups in total. The number of rotatable bonds is 4. The van der Waals surface area contributed by atoms with E-state index in [4.69, 9.17) is 9.26 Å². The molecule has 2 aromatic heterocycles. The topological polar surface area (TPSA) is 88.8 Å². The number of amides is 2. The lowest BCUT2D eigenvalue weighted by molar-refractivity contribution is 0.0233. The van der Waals surface area contributed by atoms with Gasteiger partial charge in [0.05, 0.1) is 6.61 Å². The number of aryl methyl sites for hydroxylation is 1. The van der Waals surface area contributed by atoms with Gasteiger partial charge in [-0.25, -0.2) is 4.98 Å². The Morgan fingerprint density at radius 1 is 1.22 bits per heavy atom. The number of nitrogens with zero attached hydrogens (tertiary/aromatic N) is 4. The number of aromatic nitrogens is 2. The minimum atomic E-state index is -0.185. The second kappa shape index (κ2) is 7.77. The molecule has 8 heteroatoms. The van der Waals surface area contributed by atoms with Crippen molar-refractivity contribution in [2.24, 2.45) is 0 Å². The summed E-state index contributed by atoms with van der Waals surface area (Å²) in [6, 6.07) is 4.72. The average Bonchev–Trinajstić information content (AvgIpc) is 3.10. The first-order chi connectivity index (χ1) is 12.9. The number of piperazine rings is 1. The van der Waals surface area contributed by atoms with Crippen LogP contribution in [0.2, 0.25) is 0 Å². The van der Waals surface area contributed by atoms with Crippen LogP contribution >= 0.6 is 0 Å². The van der Waals surface area contributed by atoms with Gasteiger partial charge < -0.3 is 19.1 Å². The van der Waals surface area contributed by atoms with E-state index < -0.39 is 0 Å². The van der Waals surface area contributed by atoms with E-state index in [2.05, 4.69) is 10.1 Å². The van der Waals surface area contributed by atoms with Gasteiger partial charge in [-0.05, 0) is 39.8 Å². The van der Waals surface area contributed by atoms with Gasteiger partial charge in [0.15, 0.2) is 5.69 Å². The first kappa shape index (κ1) is 18.9. The lowest BCUT2D eigenvalue weighted by Gasteiger charge is -2.44. The van der Waals surface area contributed by atoms with Crippen LogP contribution in [0.3, 0.4) is 0 Å². The Balaban J connectivity index is 1.77. The van der Waals surface area contributed by atoms with Crippen molar-refractivity contribution in [1.29, 1.82) is 0 Å². The molecule has 3 heterocycles. The molecule has 2 amide bonds. The number of carbonyl (C=O) groups is 2. The SMILES string of the molecule is CCOc1ncccc1C(=O)N1CCN(C(=O)c2cc(C)on2)[C@H](C)[C@H]1C. The van der Waals surface area contributed by atoms with Crippen molar-refractivity contribution in [2.45, 2.75) is 39.8 Å². The molecule has 0 radical (unpaired) electrons. The molecule has 0 unspecified atom stereocenters. The van der Waals surface area contributed by atoms with Crippen molar-refractivity contribution < 1.29 is 18.8 Å². The lowest BCUT2D eigenvalue weighted by atomic mass is 10.0. The number of ether oxygens (including phenoxy) is 1. The van der Waals surface area contributed by atoms with Crippen LogP contribution in [0.5, 0.6) is 5.88 Å². The summed E-state index contributed by atoms with van der Waals surface area (Å²) in [4.78, 5) is 33.5. The maximum absolute atomic E-state index is 13.1. The Morgan fingerprint density at radius 3 is 2.48 bits per heavy atom. The van der Waals surface area contributed by atoms with Crippen molar-refractivity contribution >= 4 is 11.8 Å². The van der Waals surface area contributed by atoms with Gasteiger partial charge in [0, 0.05) is 37.4 Å². The Bertz CT molecular complexity index is 835. The summed E-state index contributed by atoms with van der Waals surface area (Å²) >= 11 is 0. The van der Waals surface area contributed by atoms with Crippen LogP contribution < -0.4 is 4.74 Å². The standard InChI is InChI=1S/C19H24N4O4/c1-5-26-17-15(7-6-8-20-17)18(24)22-9-10-23(14(4)13(22)3)19(25)16-11-12(2)27-21-16/h6-8,11,13-14H,5,9-10H2,1-4H3/t13-,14-/m1/s1. The maximum atomic E-state index is 13.1. The first-order valence-electron chi connectivity index (χ1n) is 9.07. The smallest absolute Gasteiger partial charge is 0.276 e. The third-order valence-electron chi connectivity index (χ3n) is 4.91. The Morgan fingerprint density at radius 2 is 1.89 bits per heavy atom. The van der Waals surface area contributed by atoms with E-state index in [1.165, 1.54) is 0 Å². The van der Waals surface area contributed by atoms with Gasteiger partial charge in [0.25, 0.3) is 11.8 Å². The largest absolute Gasteiger partial charge is 0.477 e. The molecule has 27 heavy (non-hydrogen) atoms. The summed E-state index contributed by atoms with van der Waals surface area (Å²) in [6.45, 7) is 8.75. The Labute approximate surface area is 158 Å². The van der Waals surface area contributed by atoms with Crippen molar-refractivity contribution in [3.63, 3.8) is 0 Å². The highest BCUT2D eigenvalue weighted by atomic mass is 16.5. The van der Waals surface area contributed by atoms with E-state index in [0.717, 1.165) is 0 Å². The van der Waals surface area contributed by atoms with Crippen molar-refractivity contribution in [3.8, 4) is 5.88 Å². The lowest BCUT2D eigenvalue weighted by Crippen LogP contribution is -2.60. The molecule has 8 nitrogen and oxygen atoms in total. The highest BCUT2D eigenvalue weighted by molar-refractivity contribution is 5.97. The molecule has 0 aliphatic carbocycles. The zero-order chi connectivity index (χ0) is 19.6. The van der Waals surface area contributed by atoms with E-state index in [1.54, 1.807) is 41.1 Å². The minimum absolute atomic E-state index is 0.143. The predicted molar refractivity (Wildman–Crippen MR) is 97.6 cm³/mol. The molecule has 1 fully saturated rings. The fourth-order valence-electron chi connectivity index (χ4n) is 3.29. The summed E-state index contributed by atoms with van der Waals surface area (Å²) in [5.41, 5.74) is 0.725. The van der Waals surface area contributed by atoms with Crippen molar-refractivity contribution in [1.82, 2.24) is 19.9 Å². The third-order valence-corrected chi connectivity index (χ3v) is 4.91. The van der Waals surface area contributed by atoms with E-state index in [1.807, 2.05) is 20.8 Å². The quantitative estimate of drug-likeness (QED) is 0.817. The van der Waals surface area contributed by atoms with E-state index in [9.17, 15) is 9.59 Å².